The van der Waals surface area contributed by atoms with Gasteiger partial charge in [-0.15, -0.1) is 11.3 Å². The van der Waals surface area contributed by atoms with Gasteiger partial charge in [0.2, 0.25) is 0 Å². The van der Waals surface area contributed by atoms with Crippen molar-refractivity contribution < 1.29 is 4.79 Å². The van der Waals surface area contributed by atoms with Crippen LogP contribution in [0.15, 0.2) is 70.9 Å². The minimum Gasteiger partial charge on any atom is -0.401 e. The standard InChI is InChI=1S/C27H28ClN7OS/c1-15-5-7-16(8-6-15)33-22(12-21(29)27(2,3)4)35-26(36)34-17-9-10-18(20(28)11-17)19-13-37-25-23(19)24(30)31-14-32-25/h5-14H,29H2,1-4H3,(H2,30,31,32)(H2,33,34,35,36). The number of hydrogen-bond donors (Lipinski definition) is 4. The Bertz CT molecular complexity index is 1520. The van der Waals surface area contributed by atoms with Gasteiger partial charge >= 0.3 is 6.03 Å². The number of nitrogens with one attached hydrogen (secondary N) is 2. The molecule has 0 radical (unpaired) electrons. The number of amides is 2. The van der Waals surface area contributed by atoms with Gasteiger partial charge in [0.25, 0.3) is 0 Å². The molecule has 190 valence electrons. The van der Waals surface area contributed by atoms with Gasteiger partial charge in [-0.1, -0.05) is 56.1 Å². The first-order valence-corrected chi connectivity index (χ1v) is 12.8. The average molecular weight is 534 g/mol. The van der Waals surface area contributed by atoms with E-state index in [0.29, 0.717) is 33.7 Å². The van der Waals surface area contributed by atoms with Gasteiger partial charge < -0.3 is 16.8 Å². The lowest BCUT2D eigenvalue weighted by Gasteiger charge is -2.19. The van der Waals surface area contributed by atoms with Crippen LogP contribution in [0.5, 0.6) is 0 Å². The van der Waals surface area contributed by atoms with E-state index in [1.165, 1.54) is 17.7 Å². The number of aliphatic imine (C=N–C) groups is 1. The molecule has 0 fully saturated rings. The van der Waals surface area contributed by atoms with Crippen molar-refractivity contribution in [2.45, 2.75) is 27.7 Å². The lowest BCUT2D eigenvalue weighted by molar-refractivity contribution is 0.256. The second kappa shape index (κ2) is 10.6. The van der Waals surface area contributed by atoms with Crippen molar-refractivity contribution in [3.05, 3.63) is 76.5 Å². The van der Waals surface area contributed by atoms with E-state index in [0.717, 1.165) is 26.9 Å². The Morgan fingerprint density at radius 3 is 2.51 bits per heavy atom. The number of nitrogens with zero attached hydrogens (tertiary/aromatic N) is 3. The van der Waals surface area contributed by atoms with E-state index in [1.54, 1.807) is 18.2 Å². The highest BCUT2D eigenvalue weighted by atomic mass is 35.5. The average Bonchev–Trinajstić information content (AvgIpc) is 3.25. The number of hydrogen-bond acceptors (Lipinski definition) is 7. The summed E-state index contributed by atoms with van der Waals surface area (Å²) in [7, 11) is 0. The lowest BCUT2D eigenvalue weighted by Crippen LogP contribution is -2.34. The molecule has 0 bridgehead atoms. The van der Waals surface area contributed by atoms with Crippen molar-refractivity contribution >= 4 is 62.2 Å². The SMILES string of the molecule is Cc1ccc(N=C(C=C(N)C(C)(C)C)NC(=O)Nc2ccc(-c3csc4ncnc(N)c34)c(Cl)c2)cc1. The van der Waals surface area contributed by atoms with Gasteiger partial charge in [-0.05, 0) is 31.2 Å². The third-order valence-corrected chi connectivity index (χ3v) is 6.80. The topological polar surface area (TPSA) is 131 Å². The molecule has 4 rings (SSSR count). The van der Waals surface area contributed by atoms with E-state index in [-0.39, 0.29) is 5.41 Å². The summed E-state index contributed by atoms with van der Waals surface area (Å²) < 4.78 is 0. The minimum atomic E-state index is -0.480. The van der Waals surface area contributed by atoms with E-state index < -0.39 is 6.03 Å². The Hall–Kier alpha value is -3.95. The van der Waals surface area contributed by atoms with E-state index in [2.05, 4.69) is 25.6 Å². The lowest BCUT2D eigenvalue weighted by atomic mass is 9.92. The number of thiophene rings is 1. The smallest absolute Gasteiger partial charge is 0.324 e. The number of nitrogen functional groups attached to an aromatic ring is 1. The third-order valence-electron chi connectivity index (χ3n) is 5.60. The van der Waals surface area contributed by atoms with Crippen molar-refractivity contribution in [3.8, 4) is 11.1 Å². The Morgan fingerprint density at radius 2 is 1.84 bits per heavy atom. The number of nitrogens with two attached hydrogens (primary N) is 2. The Balaban J connectivity index is 1.57. The van der Waals surface area contributed by atoms with Crippen LogP contribution in [-0.2, 0) is 0 Å². The van der Waals surface area contributed by atoms with Gasteiger partial charge in [-0.2, -0.15) is 0 Å². The number of halogens is 1. The summed E-state index contributed by atoms with van der Waals surface area (Å²) in [5.41, 5.74) is 16.6. The molecule has 6 N–H and O–H groups in total. The first-order valence-electron chi connectivity index (χ1n) is 11.5. The van der Waals surface area contributed by atoms with Crippen LogP contribution in [0.3, 0.4) is 0 Å². The minimum absolute atomic E-state index is 0.296. The van der Waals surface area contributed by atoms with Gasteiger partial charge in [0, 0.05) is 39.4 Å². The second-order valence-electron chi connectivity index (χ2n) is 9.54. The molecular weight excluding hydrogens is 506 g/mol. The number of anilines is 2. The van der Waals surface area contributed by atoms with Crippen LogP contribution in [0.4, 0.5) is 22.0 Å². The molecule has 8 nitrogen and oxygen atoms in total. The van der Waals surface area contributed by atoms with Crippen LogP contribution in [0.1, 0.15) is 26.3 Å². The summed E-state index contributed by atoms with van der Waals surface area (Å²) in [5.74, 6) is 0.707. The zero-order valence-electron chi connectivity index (χ0n) is 21.0. The summed E-state index contributed by atoms with van der Waals surface area (Å²) in [4.78, 5) is 26.6. The predicted octanol–water partition coefficient (Wildman–Crippen LogP) is 6.64. The molecule has 0 atom stereocenters. The first kappa shape index (κ1) is 26.1. The maximum atomic E-state index is 12.9. The van der Waals surface area contributed by atoms with Gasteiger partial charge in [0.15, 0.2) is 0 Å². The normalized spacial score (nSPS) is 12.6. The highest BCUT2D eigenvalue weighted by Gasteiger charge is 2.17. The van der Waals surface area contributed by atoms with E-state index in [9.17, 15) is 4.79 Å². The maximum absolute atomic E-state index is 12.9. The van der Waals surface area contributed by atoms with E-state index in [4.69, 9.17) is 23.1 Å². The third kappa shape index (κ3) is 6.25. The molecule has 0 unspecified atom stereocenters. The summed E-state index contributed by atoms with van der Waals surface area (Å²) in [6.45, 7) is 7.96. The van der Waals surface area contributed by atoms with Gasteiger partial charge in [-0.25, -0.2) is 19.8 Å². The molecule has 0 aliphatic rings. The summed E-state index contributed by atoms with van der Waals surface area (Å²) in [6, 6.07) is 12.4. The molecular formula is C27H28ClN7OS. The number of carbonyl (C=O) groups is 1. The molecule has 0 spiro atoms. The number of aryl methyl sites for hydroxylation is 1. The molecule has 2 aromatic heterocycles. The highest BCUT2D eigenvalue weighted by Crippen LogP contribution is 2.39. The molecule has 0 aliphatic carbocycles. The summed E-state index contributed by atoms with van der Waals surface area (Å²) in [5, 5.41) is 8.75. The van der Waals surface area contributed by atoms with Crippen molar-refractivity contribution in [2.75, 3.05) is 11.1 Å². The molecule has 2 aromatic carbocycles. The molecule has 2 heterocycles. The summed E-state index contributed by atoms with van der Waals surface area (Å²) in [6.07, 6.45) is 3.11. The zero-order valence-corrected chi connectivity index (χ0v) is 22.5. The number of aromatic nitrogens is 2. The molecule has 0 aliphatic heterocycles. The largest absolute Gasteiger partial charge is 0.401 e. The van der Waals surface area contributed by atoms with Crippen molar-refractivity contribution in [3.63, 3.8) is 0 Å². The fraction of sp³-hybridized carbons (Fsp3) is 0.185. The fourth-order valence-electron chi connectivity index (χ4n) is 3.40. The monoisotopic (exact) mass is 533 g/mol. The maximum Gasteiger partial charge on any atom is 0.324 e. The quantitative estimate of drug-likeness (QED) is 0.172. The number of rotatable bonds is 4. The van der Waals surface area contributed by atoms with Crippen LogP contribution in [0, 0.1) is 12.3 Å². The Morgan fingerprint density at radius 1 is 1.11 bits per heavy atom. The van der Waals surface area contributed by atoms with Gasteiger partial charge in [0.1, 0.15) is 22.8 Å². The molecule has 10 heteroatoms. The number of benzene rings is 2. The number of carbonyl (C=O) groups excluding carboxylic acids is 1. The van der Waals surface area contributed by atoms with Crippen molar-refractivity contribution in [2.24, 2.45) is 16.1 Å². The summed E-state index contributed by atoms with van der Waals surface area (Å²) >= 11 is 8.07. The van der Waals surface area contributed by atoms with Crippen LogP contribution < -0.4 is 22.1 Å². The number of urea groups is 1. The van der Waals surface area contributed by atoms with Crippen LogP contribution in [-0.4, -0.2) is 21.8 Å². The Kier molecular flexibility index (Phi) is 7.47. The molecule has 0 saturated heterocycles. The Labute approximate surface area is 224 Å². The van der Waals surface area contributed by atoms with Crippen LogP contribution in [0.2, 0.25) is 5.02 Å². The number of fused-ring (bicyclic) bond motifs is 1. The van der Waals surface area contributed by atoms with Crippen molar-refractivity contribution in [1.29, 1.82) is 0 Å². The molecule has 0 saturated carbocycles. The zero-order chi connectivity index (χ0) is 26.7. The molecule has 2 amide bonds. The van der Waals surface area contributed by atoms with Crippen LogP contribution >= 0.6 is 22.9 Å². The fourth-order valence-corrected chi connectivity index (χ4v) is 4.60. The number of amidine groups is 1. The van der Waals surface area contributed by atoms with E-state index >= 15 is 0 Å². The van der Waals surface area contributed by atoms with Gasteiger partial charge in [0.05, 0.1) is 16.1 Å². The second-order valence-corrected chi connectivity index (χ2v) is 10.8. The molecule has 37 heavy (non-hydrogen) atoms. The van der Waals surface area contributed by atoms with E-state index in [1.807, 2.05) is 63.4 Å². The first-order chi connectivity index (χ1) is 17.5. The highest BCUT2D eigenvalue weighted by molar-refractivity contribution is 7.17. The van der Waals surface area contributed by atoms with Crippen molar-refractivity contribution in [1.82, 2.24) is 15.3 Å². The molecule has 4 aromatic rings. The van der Waals surface area contributed by atoms with Gasteiger partial charge in [-0.3, -0.25) is 5.32 Å². The number of allylic oxidation sites excluding steroid dienone is 1. The van der Waals surface area contributed by atoms with Crippen LogP contribution in [0.25, 0.3) is 21.3 Å². The predicted molar refractivity (Wildman–Crippen MR) is 154 cm³/mol.